The maximum absolute atomic E-state index is 4.61. The molecule has 0 aromatic carbocycles. The molecule has 0 saturated carbocycles. The van der Waals surface area contributed by atoms with Crippen molar-refractivity contribution in [2.75, 3.05) is 31.6 Å². The fraction of sp³-hybridized carbons (Fsp3) is 0.643. The van der Waals surface area contributed by atoms with Crippen LogP contribution in [-0.4, -0.2) is 37.6 Å². The van der Waals surface area contributed by atoms with Gasteiger partial charge in [-0.05, 0) is 72.9 Å². The van der Waals surface area contributed by atoms with Crippen molar-refractivity contribution < 1.29 is 0 Å². The van der Waals surface area contributed by atoms with Gasteiger partial charge in [0.2, 0.25) is 0 Å². The Hall–Kier alpha value is 0.0500. The van der Waals surface area contributed by atoms with Crippen molar-refractivity contribution >= 4 is 51.6 Å². The molecule has 1 aromatic heterocycles. The summed E-state index contributed by atoms with van der Waals surface area (Å²) in [6.45, 7) is 4.86. The van der Waals surface area contributed by atoms with E-state index >= 15 is 0 Å². The molecule has 0 bridgehead atoms. The van der Waals surface area contributed by atoms with E-state index in [0.29, 0.717) is 0 Å². The maximum Gasteiger partial charge on any atom is 0.191 e. The molecule has 0 amide bonds. The van der Waals surface area contributed by atoms with Gasteiger partial charge >= 0.3 is 0 Å². The minimum absolute atomic E-state index is 0.910. The van der Waals surface area contributed by atoms with Gasteiger partial charge < -0.3 is 10.6 Å². The smallest absolute Gasteiger partial charge is 0.191 e. The Morgan fingerprint density at radius 3 is 2.85 bits per heavy atom. The largest absolute Gasteiger partial charge is 0.357 e. The van der Waals surface area contributed by atoms with Crippen molar-refractivity contribution in [3.05, 3.63) is 19.9 Å². The van der Waals surface area contributed by atoms with Gasteiger partial charge in [0.15, 0.2) is 5.96 Å². The predicted octanol–water partition coefficient (Wildman–Crippen LogP) is 3.59. The van der Waals surface area contributed by atoms with Gasteiger partial charge in [0.05, 0.1) is 2.88 Å². The second kappa shape index (κ2) is 11.7. The molecule has 0 aliphatic rings. The number of rotatable bonds is 9. The summed E-state index contributed by atoms with van der Waals surface area (Å²) in [7, 11) is 0. The van der Waals surface area contributed by atoms with Crippen LogP contribution in [0.1, 0.15) is 24.6 Å². The normalized spacial score (nSPS) is 11.7. The van der Waals surface area contributed by atoms with Crippen LogP contribution in [0, 0.1) is 2.88 Å². The van der Waals surface area contributed by atoms with E-state index in [1.165, 1.54) is 26.4 Å². The number of halogens is 1. The third-order valence-electron chi connectivity index (χ3n) is 2.66. The first kappa shape index (κ1) is 18.1. The Balaban J connectivity index is 2.25. The lowest BCUT2D eigenvalue weighted by atomic mass is 10.3. The number of hydrogen-bond acceptors (Lipinski definition) is 3. The summed E-state index contributed by atoms with van der Waals surface area (Å²) in [5, 5.41) is 6.71. The Bertz CT molecular complexity index is 394. The molecule has 0 aliphatic heterocycles. The molecule has 0 spiro atoms. The number of unbranched alkanes of at least 4 members (excludes halogenated alkanes) is 1. The van der Waals surface area contributed by atoms with E-state index in [-0.39, 0.29) is 0 Å². The number of aliphatic imine (C=N–C) groups is 1. The van der Waals surface area contributed by atoms with Crippen LogP contribution in [0.5, 0.6) is 0 Å². The molecule has 0 saturated heterocycles. The van der Waals surface area contributed by atoms with Gasteiger partial charge in [0.25, 0.3) is 0 Å². The number of guanidine groups is 1. The maximum atomic E-state index is 4.61. The summed E-state index contributed by atoms with van der Waals surface area (Å²) in [5.74, 6) is 2.18. The Kier molecular flexibility index (Phi) is 10.6. The van der Waals surface area contributed by atoms with Gasteiger partial charge in [-0.1, -0.05) is 0 Å². The molecule has 20 heavy (non-hydrogen) atoms. The summed E-state index contributed by atoms with van der Waals surface area (Å²) < 4.78 is 1.35. The van der Waals surface area contributed by atoms with Gasteiger partial charge in [0.1, 0.15) is 0 Å². The minimum Gasteiger partial charge on any atom is -0.357 e. The molecule has 3 nitrogen and oxygen atoms in total. The molecule has 0 unspecified atom stereocenters. The van der Waals surface area contributed by atoms with Crippen LogP contribution in [-0.2, 0) is 6.42 Å². The topological polar surface area (TPSA) is 36.4 Å². The van der Waals surface area contributed by atoms with Gasteiger partial charge in [-0.2, -0.15) is 11.8 Å². The Labute approximate surface area is 144 Å². The first-order valence-electron chi connectivity index (χ1n) is 7.01. The predicted molar refractivity (Wildman–Crippen MR) is 102 cm³/mol. The molecular weight excluding hydrogens is 401 g/mol. The first-order valence-corrected chi connectivity index (χ1v) is 10.3. The van der Waals surface area contributed by atoms with Crippen LogP contribution in [0.25, 0.3) is 0 Å². The molecule has 1 rings (SSSR count). The van der Waals surface area contributed by atoms with Crippen LogP contribution in [0.4, 0.5) is 0 Å². The molecule has 0 fully saturated rings. The summed E-state index contributed by atoms with van der Waals surface area (Å²) in [6.07, 6.45) is 5.63. The lowest BCUT2D eigenvalue weighted by Crippen LogP contribution is -2.38. The fourth-order valence-electron chi connectivity index (χ4n) is 1.68. The SMILES string of the molecule is CCNC(=NCCCCSC)NCCc1ccc(I)s1. The molecule has 0 aliphatic carbocycles. The summed E-state index contributed by atoms with van der Waals surface area (Å²) in [6, 6.07) is 4.38. The highest BCUT2D eigenvalue weighted by Gasteiger charge is 2.00. The lowest BCUT2D eigenvalue weighted by Gasteiger charge is -2.10. The minimum atomic E-state index is 0.910. The number of thiophene rings is 1. The lowest BCUT2D eigenvalue weighted by molar-refractivity contribution is 0.773. The highest BCUT2D eigenvalue weighted by Crippen LogP contribution is 2.18. The van der Waals surface area contributed by atoms with Crippen molar-refractivity contribution in [3.63, 3.8) is 0 Å². The molecule has 114 valence electrons. The van der Waals surface area contributed by atoms with Crippen LogP contribution in [0.2, 0.25) is 0 Å². The second-order valence-electron chi connectivity index (χ2n) is 4.34. The molecule has 1 aromatic rings. The monoisotopic (exact) mass is 425 g/mol. The van der Waals surface area contributed by atoms with Gasteiger partial charge in [-0.15, -0.1) is 11.3 Å². The molecular formula is C14H24IN3S2. The van der Waals surface area contributed by atoms with Crippen LogP contribution in [0.3, 0.4) is 0 Å². The fourth-order valence-corrected chi connectivity index (χ4v) is 3.93. The van der Waals surface area contributed by atoms with Gasteiger partial charge in [-0.3, -0.25) is 4.99 Å². The zero-order valence-electron chi connectivity index (χ0n) is 12.2. The average molecular weight is 425 g/mol. The molecule has 6 heteroatoms. The highest BCUT2D eigenvalue weighted by atomic mass is 127. The number of thioether (sulfide) groups is 1. The van der Waals surface area contributed by atoms with E-state index in [1.807, 2.05) is 23.1 Å². The summed E-state index contributed by atoms with van der Waals surface area (Å²) in [5.41, 5.74) is 0. The molecule has 0 radical (unpaired) electrons. The number of nitrogens with one attached hydrogen (secondary N) is 2. The van der Waals surface area contributed by atoms with E-state index in [9.17, 15) is 0 Å². The third kappa shape index (κ3) is 8.36. The van der Waals surface area contributed by atoms with Crippen molar-refractivity contribution in [1.82, 2.24) is 10.6 Å². The highest BCUT2D eigenvalue weighted by molar-refractivity contribution is 14.1. The van der Waals surface area contributed by atoms with Gasteiger partial charge in [-0.25, -0.2) is 0 Å². The van der Waals surface area contributed by atoms with Crippen LogP contribution < -0.4 is 10.6 Å². The van der Waals surface area contributed by atoms with Crippen LogP contribution in [0.15, 0.2) is 17.1 Å². The van der Waals surface area contributed by atoms with E-state index in [2.05, 4.69) is 63.5 Å². The van der Waals surface area contributed by atoms with Gasteiger partial charge in [0, 0.05) is 24.5 Å². The Morgan fingerprint density at radius 2 is 2.20 bits per heavy atom. The van der Waals surface area contributed by atoms with Crippen molar-refractivity contribution in [3.8, 4) is 0 Å². The number of hydrogen-bond donors (Lipinski definition) is 2. The standard InChI is InChI=1S/C14H24IN3S2/c1-3-16-14(17-9-4-5-11-19-2)18-10-8-12-6-7-13(15)20-12/h6-7H,3-5,8-11H2,1-2H3,(H2,16,17,18). The number of nitrogens with zero attached hydrogens (tertiary/aromatic N) is 1. The first-order chi connectivity index (χ1) is 9.76. The second-order valence-corrected chi connectivity index (χ2v) is 8.39. The zero-order chi connectivity index (χ0) is 14.6. The molecule has 2 N–H and O–H groups in total. The van der Waals surface area contributed by atoms with Crippen molar-refractivity contribution in [1.29, 1.82) is 0 Å². The zero-order valence-corrected chi connectivity index (χ0v) is 16.0. The molecule has 1 heterocycles. The van der Waals surface area contributed by atoms with E-state index in [1.54, 1.807) is 0 Å². The van der Waals surface area contributed by atoms with E-state index < -0.39 is 0 Å². The molecule has 0 atom stereocenters. The van der Waals surface area contributed by atoms with E-state index in [0.717, 1.165) is 32.0 Å². The van der Waals surface area contributed by atoms with Crippen molar-refractivity contribution in [2.24, 2.45) is 4.99 Å². The van der Waals surface area contributed by atoms with E-state index in [4.69, 9.17) is 0 Å². The quantitative estimate of drug-likeness (QED) is 0.275. The van der Waals surface area contributed by atoms with Crippen LogP contribution >= 0.6 is 45.7 Å². The average Bonchev–Trinajstić information content (AvgIpc) is 2.84. The third-order valence-corrected chi connectivity index (χ3v) is 5.31. The summed E-state index contributed by atoms with van der Waals surface area (Å²) in [4.78, 5) is 6.04. The van der Waals surface area contributed by atoms with Crippen molar-refractivity contribution in [2.45, 2.75) is 26.2 Å². The summed E-state index contributed by atoms with van der Waals surface area (Å²) >= 11 is 6.14. The Morgan fingerprint density at radius 1 is 1.35 bits per heavy atom.